The van der Waals surface area contributed by atoms with Crippen LogP contribution in [-0.4, -0.2) is 22.1 Å². The van der Waals surface area contributed by atoms with Gasteiger partial charge in [0.1, 0.15) is 11.7 Å². The Kier molecular flexibility index (Phi) is 4.94. The lowest BCUT2D eigenvalue weighted by Gasteiger charge is -2.10. The van der Waals surface area contributed by atoms with Gasteiger partial charge in [-0.3, -0.25) is 9.59 Å². The Morgan fingerprint density at radius 2 is 2.17 bits per heavy atom. The van der Waals surface area contributed by atoms with Crippen molar-refractivity contribution >= 4 is 28.6 Å². The summed E-state index contributed by atoms with van der Waals surface area (Å²) < 4.78 is 1.34. The van der Waals surface area contributed by atoms with Crippen LogP contribution in [0.1, 0.15) is 21.3 Å². The predicted octanol–water partition coefficient (Wildman–Crippen LogP) is 2.64. The maximum atomic E-state index is 12.1. The van der Waals surface area contributed by atoms with Gasteiger partial charge in [0, 0.05) is 35.1 Å². The van der Waals surface area contributed by atoms with Crippen LogP contribution >= 0.6 is 22.7 Å². The molecule has 3 rings (SSSR count). The van der Waals surface area contributed by atoms with E-state index < -0.39 is 12.0 Å². The van der Waals surface area contributed by atoms with Gasteiger partial charge in [-0.2, -0.15) is 11.3 Å². The van der Waals surface area contributed by atoms with Gasteiger partial charge in [-0.15, -0.1) is 11.3 Å². The van der Waals surface area contributed by atoms with Crippen LogP contribution in [0, 0.1) is 0 Å². The molecule has 0 aliphatic carbocycles. The number of amides is 1. The highest BCUT2D eigenvalue weighted by Gasteiger charge is 2.15. The number of aliphatic hydroxyl groups is 1. The Labute approximate surface area is 146 Å². The third kappa shape index (κ3) is 3.48. The lowest BCUT2D eigenvalue weighted by atomic mass is 10.2. The van der Waals surface area contributed by atoms with Gasteiger partial charge in [0.2, 0.25) is 0 Å². The first-order valence-electron chi connectivity index (χ1n) is 7.30. The summed E-state index contributed by atoms with van der Waals surface area (Å²) in [5.74, 6) is -0.482. The number of carbonyl (C=O) groups is 1. The van der Waals surface area contributed by atoms with Crippen LogP contribution in [0.5, 0.6) is 0 Å². The fourth-order valence-electron chi connectivity index (χ4n) is 2.25. The summed E-state index contributed by atoms with van der Waals surface area (Å²) in [4.78, 5) is 25.9. The molecule has 0 aliphatic heterocycles. The van der Waals surface area contributed by atoms with Crippen molar-refractivity contribution in [3.05, 3.63) is 68.1 Å². The molecule has 5 nitrogen and oxygen atoms in total. The SMILES string of the molecule is Cn1cccc(C(=O)NCC(O)c2ccc(-c3ccsc3)s2)c1=O. The second kappa shape index (κ2) is 7.12. The summed E-state index contributed by atoms with van der Waals surface area (Å²) in [6, 6.07) is 8.96. The molecule has 0 fully saturated rings. The molecule has 0 saturated carbocycles. The molecule has 0 aromatic carbocycles. The van der Waals surface area contributed by atoms with E-state index in [-0.39, 0.29) is 17.7 Å². The number of carbonyl (C=O) groups excluding carboxylic acids is 1. The molecule has 7 heteroatoms. The molecule has 0 bridgehead atoms. The first kappa shape index (κ1) is 16.6. The van der Waals surface area contributed by atoms with E-state index in [1.807, 2.05) is 23.6 Å². The van der Waals surface area contributed by atoms with Crippen LogP contribution in [0.15, 0.2) is 52.1 Å². The number of hydrogen-bond donors (Lipinski definition) is 2. The van der Waals surface area contributed by atoms with E-state index in [2.05, 4.69) is 10.7 Å². The lowest BCUT2D eigenvalue weighted by Crippen LogP contribution is -2.34. The third-order valence-electron chi connectivity index (χ3n) is 3.58. The minimum atomic E-state index is -0.807. The standard InChI is InChI=1S/C17H16N2O3S2/c1-19-7-2-3-12(17(19)22)16(21)18-9-13(20)15-5-4-14(24-15)11-6-8-23-10-11/h2-8,10,13,20H,9H2,1H3,(H,18,21). The van der Waals surface area contributed by atoms with Crippen molar-refractivity contribution in [2.24, 2.45) is 7.05 Å². The number of hydrogen-bond acceptors (Lipinski definition) is 5. The second-order valence-corrected chi connectivity index (χ2v) is 7.17. The van der Waals surface area contributed by atoms with Crippen LogP contribution in [0.25, 0.3) is 10.4 Å². The van der Waals surface area contributed by atoms with E-state index in [1.165, 1.54) is 22.0 Å². The topological polar surface area (TPSA) is 71.3 Å². The van der Waals surface area contributed by atoms with Crippen molar-refractivity contribution < 1.29 is 9.90 Å². The van der Waals surface area contributed by atoms with Crippen LogP contribution in [-0.2, 0) is 7.05 Å². The molecule has 124 valence electrons. The van der Waals surface area contributed by atoms with Crippen LogP contribution < -0.4 is 10.9 Å². The van der Waals surface area contributed by atoms with E-state index in [0.29, 0.717) is 0 Å². The lowest BCUT2D eigenvalue weighted by molar-refractivity contribution is 0.0916. The average molecular weight is 360 g/mol. The van der Waals surface area contributed by atoms with Gasteiger partial charge in [-0.25, -0.2) is 0 Å². The Hall–Kier alpha value is -2.22. The number of thiophene rings is 2. The number of aliphatic hydroxyl groups excluding tert-OH is 1. The molecule has 3 aromatic rings. The van der Waals surface area contributed by atoms with E-state index >= 15 is 0 Å². The minimum absolute atomic E-state index is 0.0560. The zero-order chi connectivity index (χ0) is 17.1. The van der Waals surface area contributed by atoms with Gasteiger partial charge >= 0.3 is 0 Å². The van der Waals surface area contributed by atoms with Gasteiger partial charge in [-0.1, -0.05) is 0 Å². The summed E-state index contributed by atoms with van der Waals surface area (Å²) in [5.41, 5.74) is 0.831. The molecule has 0 aliphatic rings. The minimum Gasteiger partial charge on any atom is -0.386 e. The summed E-state index contributed by atoms with van der Waals surface area (Å²) in [6.45, 7) is 0.0560. The van der Waals surface area contributed by atoms with Gasteiger partial charge in [0.25, 0.3) is 11.5 Å². The molecule has 3 aromatic heterocycles. The highest BCUT2D eigenvalue weighted by atomic mass is 32.1. The van der Waals surface area contributed by atoms with Crippen molar-refractivity contribution in [2.75, 3.05) is 6.54 Å². The van der Waals surface area contributed by atoms with Crippen molar-refractivity contribution in [3.63, 3.8) is 0 Å². The monoisotopic (exact) mass is 360 g/mol. The van der Waals surface area contributed by atoms with Crippen molar-refractivity contribution in [3.8, 4) is 10.4 Å². The Morgan fingerprint density at radius 1 is 1.33 bits per heavy atom. The quantitative estimate of drug-likeness (QED) is 0.735. The summed E-state index contributed by atoms with van der Waals surface area (Å²) in [5, 5.41) is 16.9. The fraction of sp³-hybridized carbons (Fsp3) is 0.176. The number of nitrogens with zero attached hydrogens (tertiary/aromatic N) is 1. The maximum absolute atomic E-state index is 12.1. The molecule has 0 radical (unpaired) electrons. The highest BCUT2D eigenvalue weighted by molar-refractivity contribution is 7.16. The number of aromatic nitrogens is 1. The highest BCUT2D eigenvalue weighted by Crippen LogP contribution is 2.32. The molecule has 1 unspecified atom stereocenters. The molecule has 0 spiro atoms. The number of pyridine rings is 1. The van der Waals surface area contributed by atoms with Crippen LogP contribution in [0.3, 0.4) is 0 Å². The molecule has 1 amide bonds. The summed E-state index contributed by atoms with van der Waals surface area (Å²) >= 11 is 3.11. The van der Waals surface area contributed by atoms with Gasteiger partial charge in [-0.05, 0) is 41.1 Å². The van der Waals surface area contributed by atoms with Gasteiger partial charge in [0.15, 0.2) is 0 Å². The van der Waals surface area contributed by atoms with Gasteiger partial charge < -0.3 is 15.0 Å². The molecular weight excluding hydrogens is 344 g/mol. The fourth-order valence-corrected chi connectivity index (χ4v) is 3.97. The number of nitrogens with one attached hydrogen (secondary N) is 1. The zero-order valence-corrected chi connectivity index (χ0v) is 14.6. The van der Waals surface area contributed by atoms with Crippen molar-refractivity contribution in [1.82, 2.24) is 9.88 Å². The van der Waals surface area contributed by atoms with E-state index in [0.717, 1.165) is 15.3 Å². The largest absolute Gasteiger partial charge is 0.386 e. The number of aryl methyl sites for hydroxylation is 1. The smallest absolute Gasteiger partial charge is 0.263 e. The normalized spacial score (nSPS) is 12.1. The molecule has 0 saturated heterocycles. The zero-order valence-electron chi connectivity index (χ0n) is 12.9. The Bertz CT molecular complexity index is 897. The Morgan fingerprint density at radius 3 is 2.92 bits per heavy atom. The first-order valence-corrected chi connectivity index (χ1v) is 9.06. The number of rotatable bonds is 5. The Balaban J connectivity index is 1.65. The molecule has 1 atom stereocenters. The van der Waals surface area contributed by atoms with E-state index in [4.69, 9.17) is 0 Å². The molecule has 24 heavy (non-hydrogen) atoms. The van der Waals surface area contributed by atoms with Crippen molar-refractivity contribution in [2.45, 2.75) is 6.10 Å². The summed E-state index contributed by atoms with van der Waals surface area (Å²) in [6.07, 6.45) is 0.782. The first-order chi connectivity index (χ1) is 11.6. The van der Waals surface area contributed by atoms with E-state index in [9.17, 15) is 14.7 Å². The molecule has 2 N–H and O–H groups in total. The average Bonchev–Trinajstić information content (AvgIpc) is 3.25. The molecule has 3 heterocycles. The second-order valence-electron chi connectivity index (χ2n) is 5.28. The van der Waals surface area contributed by atoms with Crippen molar-refractivity contribution in [1.29, 1.82) is 0 Å². The van der Waals surface area contributed by atoms with Crippen LogP contribution in [0.2, 0.25) is 0 Å². The molecular formula is C17H16N2O3S2. The van der Waals surface area contributed by atoms with Gasteiger partial charge in [0.05, 0.1) is 0 Å². The summed E-state index contributed by atoms with van der Waals surface area (Å²) in [7, 11) is 1.59. The van der Waals surface area contributed by atoms with E-state index in [1.54, 1.807) is 30.6 Å². The maximum Gasteiger partial charge on any atom is 0.263 e. The predicted molar refractivity (Wildman–Crippen MR) is 96.6 cm³/mol. The third-order valence-corrected chi connectivity index (χ3v) is 5.50. The van der Waals surface area contributed by atoms with Crippen LogP contribution in [0.4, 0.5) is 0 Å².